The Hall–Kier alpha value is -4.14. The monoisotopic (exact) mass is 933 g/mol. The second-order valence-corrected chi connectivity index (χ2v) is 20.4. The van der Waals surface area contributed by atoms with Crippen LogP contribution in [0.15, 0.2) is 105 Å². The standard InChI is InChI=1S/C58H76O6S2/c1-5-9-13-17-19-23-29-43(27-21-15-11-7-3)57(61)63-45-35-39-47(40-36-45)65-51-33-25-31-49-53(51)55(59)50-32-26-34-52(54(50)56(49)60)66-48-41-37-46(38-42-48)64-58(62)44(28-22-16-12-8-4)30-24-20-18-14-10-6-2/h25-26,31-44H,5-24,27-30H2,1-4H3. The summed E-state index contributed by atoms with van der Waals surface area (Å²) >= 11 is 2.85. The first-order valence-electron chi connectivity index (χ1n) is 25.6. The number of carbonyl (C=O) groups is 4. The number of hydrogen-bond acceptors (Lipinski definition) is 8. The zero-order chi connectivity index (χ0) is 46.9. The molecule has 0 aromatic heterocycles. The summed E-state index contributed by atoms with van der Waals surface area (Å²) in [5.41, 5.74) is 1.59. The van der Waals surface area contributed by atoms with E-state index >= 15 is 0 Å². The summed E-state index contributed by atoms with van der Waals surface area (Å²) in [6.45, 7) is 8.86. The molecule has 66 heavy (non-hydrogen) atoms. The fourth-order valence-electron chi connectivity index (χ4n) is 8.89. The Morgan fingerprint density at radius 2 is 0.712 bits per heavy atom. The second-order valence-electron chi connectivity index (χ2n) is 18.2. The number of rotatable bonds is 32. The third-order valence-corrected chi connectivity index (χ3v) is 15.0. The van der Waals surface area contributed by atoms with Gasteiger partial charge in [0.25, 0.3) is 0 Å². The van der Waals surface area contributed by atoms with Crippen molar-refractivity contribution in [2.24, 2.45) is 11.8 Å². The van der Waals surface area contributed by atoms with Crippen LogP contribution in [0.2, 0.25) is 0 Å². The highest BCUT2D eigenvalue weighted by Gasteiger charge is 2.34. The predicted octanol–water partition coefficient (Wildman–Crippen LogP) is 17.2. The summed E-state index contributed by atoms with van der Waals surface area (Å²) in [6.07, 6.45) is 26.9. The fourth-order valence-corrected chi connectivity index (χ4v) is 10.8. The molecule has 4 aromatic carbocycles. The first-order valence-corrected chi connectivity index (χ1v) is 27.3. The molecule has 0 heterocycles. The molecule has 0 bridgehead atoms. The van der Waals surface area contributed by atoms with Crippen LogP contribution in [0.5, 0.6) is 11.5 Å². The van der Waals surface area contributed by atoms with E-state index in [1.54, 1.807) is 12.1 Å². The van der Waals surface area contributed by atoms with Crippen LogP contribution in [0.4, 0.5) is 0 Å². The molecular formula is C58H76O6S2. The molecule has 1 aliphatic carbocycles. The van der Waals surface area contributed by atoms with Crippen LogP contribution in [0.25, 0.3) is 0 Å². The number of hydrogen-bond donors (Lipinski definition) is 0. The molecular weight excluding hydrogens is 857 g/mol. The SMILES string of the molecule is CCCCCCCCC(CCCCCC)C(=O)Oc1ccc(Sc2cccc3c2C(=O)c2cccc(Sc4ccc(OC(=O)C(CCCCCC)CCCCCCCC)cc4)c2C3=O)cc1. The molecule has 0 fully saturated rings. The highest BCUT2D eigenvalue weighted by molar-refractivity contribution is 7.99. The minimum Gasteiger partial charge on any atom is -0.426 e. The van der Waals surface area contributed by atoms with Crippen molar-refractivity contribution in [3.8, 4) is 11.5 Å². The Balaban J connectivity index is 1.21. The van der Waals surface area contributed by atoms with E-state index in [0.717, 1.165) is 99.7 Å². The van der Waals surface area contributed by atoms with Gasteiger partial charge in [0, 0.05) is 41.8 Å². The number of ketones is 2. The molecule has 356 valence electrons. The van der Waals surface area contributed by atoms with E-state index in [-0.39, 0.29) is 35.3 Å². The lowest BCUT2D eigenvalue weighted by molar-refractivity contribution is -0.140. The molecule has 0 radical (unpaired) electrons. The van der Waals surface area contributed by atoms with Crippen molar-refractivity contribution < 1.29 is 28.7 Å². The van der Waals surface area contributed by atoms with Crippen LogP contribution >= 0.6 is 23.5 Å². The van der Waals surface area contributed by atoms with E-state index in [9.17, 15) is 19.2 Å². The molecule has 0 aliphatic heterocycles. The van der Waals surface area contributed by atoms with Crippen LogP contribution in [0, 0.1) is 11.8 Å². The molecule has 6 nitrogen and oxygen atoms in total. The predicted molar refractivity (Wildman–Crippen MR) is 273 cm³/mol. The van der Waals surface area contributed by atoms with E-state index < -0.39 is 0 Å². The summed E-state index contributed by atoms with van der Waals surface area (Å²) in [4.78, 5) is 58.6. The zero-order valence-corrected chi connectivity index (χ0v) is 42.1. The molecule has 4 aromatic rings. The second kappa shape index (κ2) is 29.6. The van der Waals surface area contributed by atoms with Crippen molar-refractivity contribution >= 4 is 47.0 Å². The first kappa shape index (κ1) is 52.8. The van der Waals surface area contributed by atoms with Crippen molar-refractivity contribution in [1.29, 1.82) is 0 Å². The maximum Gasteiger partial charge on any atom is 0.314 e. The molecule has 2 atom stereocenters. The van der Waals surface area contributed by atoms with Crippen LogP contribution in [0.3, 0.4) is 0 Å². The molecule has 5 rings (SSSR count). The molecule has 8 heteroatoms. The van der Waals surface area contributed by atoms with Crippen molar-refractivity contribution in [2.75, 3.05) is 0 Å². The number of benzene rings is 4. The molecule has 0 saturated carbocycles. The smallest absolute Gasteiger partial charge is 0.314 e. The quantitative estimate of drug-likeness (QED) is 0.0239. The van der Waals surface area contributed by atoms with Gasteiger partial charge in [-0.15, -0.1) is 0 Å². The van der Waals surface area contributed by atoms with E-state index in [2.05, 4.69) is 27.7 Å². The molecule has 0 saturated heterocycles. The van der Waals surface area contributed by atoms with Crippen LogP contribution < -0.4 is 9.47 Å². The lowest BCUT2D eigenvalue weighted by Crippen LogP contribution is -2.22. The highest BCUT2D eigenvalue weighted by Crippen LogP contribution is 2.42. The van der Waals surface area contributed by atoms with Gasteiger partial charge in [-0.3, -0.25) is 19.2 Å². The summed E-state index contributed by atoms with van der Waals surface area (Å²) < 4.78 is 11.9. The van der Waals surface area contributed by atoms with Gasteiger partial charge in [-0.1, -0.05) is 204 Å². The largest absolute Gasteiger partial charge is 0.426 e. The van der Waals surface area contributed by atoms with Gasteiger partial charge in [0.1, 0.15) is 11.5 Å². The number of ether oxygens (including phenoxy) is 2. The van der Waals surface area contributed by atoms with Crippen molar-refractivity contribution in [1.82, 2.24) is 0 Å². The summed E-state index contributed by atoms with van der Waals surface area (Å²) in [5, 5.41) is 0. The van der Waals surface area contributed by atoms with E-state index in [4.69, 9.17) is 9.47 Å². The number of fused-ring (bicyclic) bond motifs is 2. The molecule has 2 unspecified atom stereocenters. The number of esters is 2. The molecule has 0 spiro atoms. The van der Waals surface area contributed by atoms with E-state index in [1.165, 1.54) is 87.7 Å². The fraction of sp³-hybridized carbons (Fsp3) is 0.517. The maximum absolute atomic E-state index is 14.3. The lowest BCUT2D eigenvalue weighted by atomic mass is 9.84. The highest BCUT2D eigenvalue weighted by atomic mass is 32.2. The Morgan fingerprint density at radius 1 is 0.409 bits per heavy atom. The molecule has 1 aliphatic rings. The zero-order valence-electron chi connectivity index (χ0n) is 40.5. The lowest BCUT2D eigenvalue weighted by Gasteiger charge is -2.22. The minimum atomic E-state index is -0.182. The third kappa shape index (κ3) is 16.6. The molecule has 0 N–H and O–H groups in total. The van der Waals surface area contributed by atoms with Crippen molar-refractivity contribution in [2.45, 2.75) is 201 Å². The Labute approximate surface area is 405 Å². The number of unbranched alkanes of at least 4 members (excludes halogenated alkanes) is 16. The molecule has 0 amide bonds. The summed E-state index contributed by atoms with van der Waals surface area (Å²) in [5.74, 6) is 0.185. The summed E-state index contributed by atoms with van der Waals surface area (Å²) in [6, 6.07) is 25.8. The average molecular weight is 933 g/mol. The van der Waals surface area contributed by atoms with Gasteiger partial charge in [0.2, 0.25) is 0 Å². The van der Waals surface area contributed by atoms with Gasteiger partial charge in [-0.25, -0.2) is 0 Å². The van der Waals surface area contributed by atoms with Gasteiger partial charge in [-0.05, 0) is 86.3 Å². The average Bonchev–Trinajstić information content (AvgIpc) is 3.32. The third-order valence-electron chi connectivity index (χ3n) is 12.8. The number of carbonyl (C=O) groups excluding carboxylic acids is 4. The van der Waals surface area contributed by atoms with Crippen molar-refractivity contribution in [3.63, 3.8) is 0 Å². The van der Waals surface area contributed by atoms with Gasteiger partial charge in [0.05, 0.1) is 11.8 Å². The Morgan fingerprint density at radius 3 is 1.05 bits per heavy atom. The van der Waals surface area contributed by atoms with Gasteiger partial charge >= 0.3 is 11.9 Å². The topological polar surface area (TPSA) is 86.7 Å². The summed E-state index contributed by atoms with van der Waals surface area (Å²) in [7, 11) is 0. The van der Waals surface area contributed by atoms with Gasteiger partial charge in [-0.2, -0.15) is 0 Å². The van der Waals surface area contributed by atoms with E-state index in [0.29, 0.717) is 43.5 Å². The minimum absolute atomic E-state index is 0.0948. The maximum atomic E-state index is 14.3. The van der Waals surface area contributed by atoms with E-state index in [1.807, 2.05) is 72.8 Å². The van der Waals surface area contributed by atoms with Crippen LogP contribution in [-0.4, -0.2) is 23.5 Å². The Bertz CT molecular complexity index is 1960. The normalized spacial score (nSPS) is 13.0. The first-order chi connectivity index (χ1) is 32.3. The van der Waals surface area contributed by atoms with Gasteiger partial charge < -0.3 is 9.47 Å². The van der Waals surface area contributed by atoms with Gasteiger partial charge in [0.15, 0.2) is 11.6 Å². The van der Waals surface area contributed by atoms with Crippen LogP contribution in [0.1, 0.15) is 214 Å². The van der Waals surface area contributed by atoms with Crippen LogP contribution in [-0.2, 0) is 9.59 Å². The Kier molecular flexibility index (Phi) is 23.7. The van der Waals surface area contributed by atoms with Crippen molar-refractivity contribution in [3.05, 3.63) is 107 Å².